The van der Waals surface area contributed by atoms with Gasteiger partial charge < -0.3 is 10.6 Å². The lowest BCUT2D eigenvalue weighted by atomic mass is 9.84. The molecule has 2 unspecified atom stereocenters. The number of nitrogens with two attached hydrogens (primary N) is 1. The Morgan fingerprint density at radius 1 is 1.56 bits per heavy atom. The molecule has 1 fully saturated rings. The normalized spacial score (nSPS) is 25.7. The van der Waals surface area contributed by atoms with Crippen LogP contribution in [0.3, 0.4) is 0 Å². The summed E-state index contributed by atoms with van der Waals surface area (Å²) in [5.41, 5.74) is 5.84. The lowest BCUT2D eigenvalue weighted by molar-refractivity contribution is 0.306. The molecular weight excluding hydrogens is 242 g/mol. The van der Waals surface area contributed by atoms with E-state index in [0.29, 0.717) is 17.1 Å². The molecule has 1 heterocycles. The molecule has 1 aliphatic carbocycles. The summed E-state index contributed by atoms with van der Waals surface area (Å²) in [7, 11) is 2.10. The van der Waals surface area contributed by atoms with Crippen LogP contribution >= 0.6 is 22.9 Å². The lowest BCUT2D eigenvalue weighted by Gasteiger charge is -2.37. The number of hydrogen-bond acceptors (Lipinski definition) is 4. The Morgan fingerprint density at radius 2 is 2.31 bits per heavy atom. The van der Waals surface area contributed by atoms with Crippen LogP contribution in [-0.2, 0) is 0 Å². The van der Waals surface area contributed by atoms with E-state index >= 15 is 0 Å². The molecule has 0 bridgehead atoms. The Bertz CT molecular complexity index is 342. The van der Waals surface area contributed by atoms with Crippen LogP contribution in [0.1, 0.15) is 25.7 Å². The molecule has 0 aromatic carbocycles. The minimum absolute atomic E-state index is 0.529. The topological polar surface area (TPSA) is 42.2 Å². The van der Waals surface area contributed by atoms with E-state index in [4.69, 9.17) is 17.3 Å². The van der Waals surface area contributed by atoms with E-state index in [2.05, 4.69) is 16.9 Å². The van der Waals surface area contributed by atoms with Gasteiger partial charge in [0, 0.05) is 18.5 Å². The summed E-state index contributed by atoms with van der Waals surface area (Å²) in [5.74, 6) is 0.599. The van der Waals surface area contributed by atoms with Gasteiger partial charge in [-0.3, -0.25) is 0 Å². The summed E-state index contributed by atoms with van der Waals surface area (Å²) in [6.45, 7) is 0.772. The predicted molar refractivity (Wildman–Crippen MR) is 70.3 cm³/mol. The average Bonchev–Trinajstić information content (AvgIpc) is 2.75. The van der Waals surface area contributed by atoms with E-state index in [1.807, 2.05) is 5.38 Å². The number of aromatic nitrogens is 1. The number of anilines is 1. The van der Waals surface area contributed by atoms with Gasteiger partial charge in [-0.25, -0.2) is 4.98 Å². The molecule has 1 aromatic heterocycles. The SMILES string of the molecule is CN(c1nc(Cl)cs1)C1CCCCC1CN. The van der Waals surface area contributed by atoms with Crippen molar-refractivity contribution in [1.29, 1.82) is 0 Å². The summed E-state index contributed by atoms with van der Waals surface area (Å²) in [6, 6.07) is 0.529. The van der Waals surface area contributed by atoms with Crippen LogP contribution in [0.4, 0.5) is 5.13 Å². The van der Waals surface area contributed by atoms with Crippen LogP contribution in [0, 0.1) is 5.92 Å². The zero-order valence-corrected chi connectivity index (χ0v) is 11.1. The number of halogens is 1. The highest BCUT2D eigenvalue weighted by molar-refractivity contribution is 7.14. The van der Waals surface area contributed by atoms with Crippen LogP contribution in [0.2, 0.25) is 5.15 Å². The molecule has 16 heavy (non-hydrogen) atoms. The standard InChI is InChI=1S/C11H18ClN3S/c1-15(11-14-10(12)7-16-11)9-5-3-2-4-8(9)6-13/h7-9H,2-6,13H2,1H3. The second-order valence-corrected chi connectivity index (χ2v) is 5.64. The molecule has 0 spiro atoms. The largest absolute Gasteiger partial charge is 0.348 e. The van der Waals surface area contributed by atoms with Gasteiger partial charge in [-0.2, -0.15) is 0 Å². The second-order valence-electron chi connectivity index (χ2n) is 4.41. The van der Waals surface area contributed by atoms with Gasteiger partial charge in [0.05, 0.1) is 0 Å². The molecule has 5 heteroatoms. The van der Waals surface area contributed by atoms with Crippen molar-refractivity contribution in [2.24, 2.45) is 11.7 Å². The van der Waals surface area contributed by atoms with Crippen LogP contribution < -0.4 is 10.6 Å². The van der Waals surface area contributed by atoms with Gasteiger partial charge in [-0.15, -0.1) is 11.3 Å². The first-order valence-corrected chi connectivity index (χ1v) is 7.02. The van der Waals surface area contributed by atoms with Gasteiger partial charge in [-0.1, -0.05) is 24.4 Å². The molecule has 0 radical (unpaired) electrons. The first-order chi connectivity index (χ1) is 7.72. The molecule has 0 amide bonds. The molecule has 1 aliphatic rings. The smallest absolute Gasteiger partial charge is 0.186 e. The maximum atomic E-state index is 5.86. The maximum absolute atomic E-state index is 5.86. The number of thiazole rings is 1. The second kappa shape index (κ2) is 5.34. The fourth-order valence-electron chi connectivity index (χ4n) is 2.52. The van der Waals surface area contributed by atoms with Gasteiger partial charge in [0.2, 0.25) is 0 Å². The van der Waals surface area contributed by atoms with E-state index in [-0.39, 0.29) is 0 Å². The Hall–Kier alpha value is -0.320. The zero-order chi connectivity index (χ0) is 11.5. The monoisotopic (exact) mass is 259 g/mol. The summed E-state index contributed by atoms with van der Waals surface area (Å²) in [5, 5.41) is 3.48. The molecule has 2 N–H and O–H groups in total. The Kier molecular flexibility index (Phi) is 4.05. The highest BCUT2D eigenvalue weighted by Gasteiger charge is 2.28. The Balaban J connectivity index is 2.10. The highest BCUT2D eigenvalue weighted by Crippen LogP contribution is 2.32. The molecule has 2 rings (SSSR count). The van der Waals surface area contributed by atoms with Crippen molar-refractivity contribution in [1.82, 2.24) is 4.98 Å². The van der Waals surface area contributed by atoms with Crippen molar-refractivity contribution in [3.63, 3.8) is 0 Å². The maximum Gasteiger partial charge on any atom is 0.186 e. The quantitative estimate of drug-likeness (QED) is 0.908. The van der Waals surface area contributed by atoms with E-state index in [1.165, 1.54) is 25.7 Å². The van der Waals surface area contributed by atoms with E-state index < -0.39 is 0 Å². The molecule has 1 saturated carbocycles. The third-order valence-electron chi connectivity index (χ3n) is 3.43. The van der Waals surface area contributed by atoms with Gasteiger partial charge in [0.15, 0.2) is 5.13 Å². The van der Waals surface area contributed by atoms with Crippen LogP contribution in [0.5, 0.6) is 0 Å². The first kappa shape index (κ1) is 12.1. The van der Waals surface area contributed by atoms with Crippen molar-refractivity contribution < 1.29 is 0 Å². The fourth-order valence-corrected chi connectivity index (χ4v) is 3.49. The van der Waals surface area contributed by atoms with Crippen LogP contribution in [0.25, 0.3) is 0 Å². The number of hydrogen-bond donors (Lipinski definition) is 1. The van der Waals surface area contributed by atoms with Crippen molar-refractivity contribution in [3.8, 4) is 0 Å². The van der Waals surface area contributed by atoms with E-state index in [9.17, 15) is 0 Å². The minimum atomic E-state index is 0.529. The molecule has 0 aliphatic heterocycles. The number of rotatable bonds is 3. The first-order valence-electron chi connectivity index (χ1n) is 5.76. The van der Waals surface area contributed by atoms with Gasteiger partial charge in [0.1, 0.15) is 5.15 Å². The van der Waals surface area contributed by atoms with Crippen molar-refractivity contribution in [3.05, 3.63) is 10.5 Å². The summed E-state index contributed by atoms with van der Waals surface area (Å²) >= 11 is 7.47. The van der Waals surface area contributed by atoms with Crippen LogP contribution in [0.15, 0.2) is 5.38 Å². The molecule has 0 saturated heterocycles. The molecule has 1 aromatic rings. The highest BCUT2D eigenvalue weighted by atomic mass is 35.5. The van der Waals surface area contributed by atoms with Crippen molar-refractivity contribution in [2.45, 2.75) is 31.7 Å². The van der Waals surface area contributed by atoms with Crippen molar-refractivity contribution >= 4 is 28.1 Å². The third kappa shape index (κ3) is 2.50. The molecule has 90 valence electrons. The predicted octanol–water partition coefficient (Wildman–Crippen LogP) is 2.75. The van der Waals surface area contributed by atoms with E-state index in [1.54, 1.807) is 11.3 Å². The molecule has 2 atom stereocenters. The Morgan fingerprint density at radius 3 is 2.94 bits per heavy atom. The van der Waals surface area contributed by atoms with Crippen molar-refractivity contribution in [2.75, 3.05) is 18.5 Å². The average molecular weight is 260 g/mol. The minimum Gasteiger partial charge on any atom is -0.348 e. The van der Waals surface area contributed by atoms with Gasteiger partial charge >= 0.3 is 0 Å². The number of nitrogens with zero attached hydrogens (tertiary/aromatic N) is 2. The van der Waals surface area contributed by atoms with E-state index in [0.717, 1.165) is 11.7 Å². The third-order valence-corrected chi connectivity index (χ3v) is 4.69. The summed E-state index contributed by atoms with van der Waals surface area (Å²) < 4.78 is 0. The van der Waals surface area contributed by atoms with Gasteiger partial charge in [0.25, 0.3) is 0 Å². The van der Waals surface area contributed by atoms with Gasteiger partial charge in [-0.05, 0) is 25.3 Å². The summed E-state index contributed by atoms with van der Waals surface area (Å²) in [4.78, 5) is 6.58. The van der Waals surface area contributed by atoms with Crippen LogP contribution in [-0.4, -0.2) is 24.6 Å². The lowest BCUT2D eigenvalue weighted by Crippen LogP contribution is -2.43. The summed E-state index contributed by atoms with van der Waals surface area (Å²) in [6.07, 6.45) is 5.07. The zero-order valence-electron chi connectivity index (χ0n) is 9.53. The fraction of sp³-hybridized carbons (Fsp3) is 0.727. The molecule has 3 nitrogen and oxygen atoms in total. The molecular formula is C11H18ClN3S. The Labute approximate surface area is 106 Å².